The number of benzene rings is 2. The Morgan fingerprint density at radius 2 is 2.00 bits per heavy atom. The van der Waals surface area contributed by atoms with Crippen LogP contribution < -0.4 is 15.8 Å². The van der Waals surface area contributed by atoms with Gasteiger partial charge in [0, 0.05) is 18.5 Å². The molecule has 0 spiro atoms. The summed E-state index contributed by atoms with van der Waals surface area (Å²) >= 11 is 6.34. The third-order valence-electron chi connectivity index (χ3n) is 4.75. The zero-order valence-electron chi connectivity index (χ0n) is 16.0. The molecule has 9 heteroatoms. The second kappa shape index (κ2) is 8.49. The van der Waals surface area contributed by atoms with Crippen LogP contribution in [0.5, 0.6) is 5.75 Å². The lowest BCUT2D eigenvalue weighted by molar-refractivity contribution is -0.0886. The fourth-order valence-electron chi connectivity index (χ4n) is 3.15. The van der Waals surface area contributed by atoms with Crippen LogP contribution in [0.2, 0.25) is 5.02 Å². The lowest BCUT2D eigenvalue weighted by Gasteiger charge is -2.45. The van der Waals surface area contributed by atoms with Gasteiger partial charge in [-0.2, -0.15) is 4.98 Å². The molecule has 152 valence electrons. The summed E-state index contributed by atoms with van der Waals surface area (Å²) in [6.45, 7) is 0.540. The molecule has 1 fully saturated rings. The summed E-state index contributed by atoms with van der Waals surface area (Å²) in [6, 6.07) is 15.0. The SMILES string of the molecule is [B]C1(Oc2ccc(Nc3ncc(F)c(N)n3)cc2Cl)CC(OCc2ccccc2)C1. The molecule has 3 N–H and O–H groups in total. The fraction of sp³-hybridized carbons (Fsp3) is 0.238. The van der Waals surface area contributed by atoms with E-state index in [2.05, 4.69) is 15.3 Å². The molecule has 0 unspecified atom stereocenters. The molecule has 1 aliphatic carbocycles. The third kappa shape index (κ3) is 4.83. The average Bonchev–Trinajstić information content (AvgIpc) is 2.70. The van der Waals surface area contributed by atoms with E-state index in [1.807, 2.05) is 30.3 Å². The van der Waals surface area contributed by atoms with Crippen LogP contribution in [0.4, 0.5) is 21.8 Å². The molecular weight excluding hydrogens is 406 g/mol. The van der Waals surface area contributed by atoms with Crippen LogP contribution in [0, 0.1) is 5.82 Å². The van der Waals surface area contributed by atoms with Gasteiger partial charge in [-0.25, -0.2) is 9.37 Å². The normalized spacial score (nSPS) is 20.4. The van der Waals surface area contributed by atoms with Crippen molar-refractivity contribution in [2.24, 2.45) is 0 Å². The van der Waals surface area contributed by atoms with Crippen LogP contribution in [0.25, 0.3) is 0 Å². The Balaban J connectivity index is 1.32. The molecule has 2 aromatic carbocycles. The Labute approximate surface area is 180 Å². The van der Waals surface area contributed by atoms with Gasteiger partial charge in [0.25, 0.3) is 0 Å². The van der Waals surface area contributed by atoms with Crippen molar-refractivity contribution in [3.05, 3.63) is 71.1 Å². The van der Waals surface area contributed by atoms with Gasteiger partial charge in [-0.05, 0) is 23.8 Å². The van der Waals surface area contributed by atoms with Crippen LogP contribution in [-0.4, -0.2) is 29.4 Å². The number of nitrogens with zero attached hydrogens (tertiary/aromatic N) is 2. The standard InChI is InChI=1S/C21H19BClFN4O2/c22-21(9-15(10-21)29-12-13-4-2-1-3-5-13)30-18-7-6-14(8-16(18)23)27-20-26-11-17(24)19(25)28-20/h1-8,11,15H,9-10,12H2,(H3,25,26,27,28). The Kier molecular flexibility index (Phi) is 5.79. The van der Waals surface area contributed by atoms with Crippen molar-refractivity contribution in [3.8, 4) is 5.75 Å². The maximum Gasteiger partial charge on any atom is 0.229 e. The Hall–Kier alpha value is -2.84. The van der Waals surface area contributed by atoms with Crippen molar-refractivity contribution in [3.63, 3.8) is 0 Å². The van der Waals surface area contributed by atoms with Crippen LogP contribution in [-0.2, 0) is 11.3 Å². The van der Waals surface area contributed by atoms with E-state index in [0.717, 1.165) is 11.8 Å². The first-order valence-electron chi connectivity index (χ1n) is 9.38. The average molecular weight is 425 g/mol. The molecule has 2 radical (unpaired) electrons. The number of halogens is 2. The number of nitrogens with two attached hydrogens (primary N) is 1. The summed E-state index contributed by atoms with van der Waals surface area (Å²) in [5.41, 5.74) is 6.34. The van der Waals surface area contributed by atoms with E-state index in [4.69, 9.17) is 34.7 Å². The number of nitrogen functional groups attached to an aromatic ring is 1. The molecule has 30 heavy (non-hydrogen) atoms. The summed E-state index contributed by atoms with van der Waals surface area (Å²) in [4.78, 5) is 7.65. The molecule has 4 rings (SSSR count). The van der Waals surface area contributed by atoms with Gasteiger partial charge in [0.1, 0.15) is 13.6 Å². The lowest BCUT2D eigenvalue weighted by Crippen LogP contribution is -2.53. The monoisotopic (exact) mass is 424 g/mol. The van der Waals surface area contributed by atoms with Gasteiger partial charge in [-0.1, -0.05) is 41.9 Å². The molecule has 0 atom stereocenters. The molecule has 1 heterocycles. The number of anilines is 3. The Bertz CT molecular complexity index is 1030. The fourth-order valence-corrected chi connectivity index (χ4v) is 3.37. The van der Waals surface area contributed by atoms with Crippen molar-refractivity contribution < 1.29 is 13.9 Å². The summed E-state index contributed by atoms with van der Waals surface area (Å²) in [5, 5.41) is 3.28. The third-order valence-corrected chi connectivity index (χ3v) is 5.04. The number of aromatic nitrogens is 2. The number of hydrogen-bond acceptors (Lipinski definition) is 6. The van der Waals surface area contributed by atoms with Crippen molar-refractivity contribution in [2.45, 2.75) is 31.1 Å². The maximum atomic E-state index is 13.2. The van der Waals surface area contributed by atoms with Crippen LogP contribution >= 0.6 is 11.6 Å². The predicted octanol–water partition coefficient (Wildman–Crippen LogP) is 4.22. The predicted molar refractivity (Wildman–Crippen MR) is 115 cm³/mol. The van der Waals surface area contributed by atoms with Crippen LogP contribution in [0.15, 0.2) is 54.7 Å². The van der Waals surface area contributed by atoms with Crippen LogP contribution in [0.1, 0.15) is 18.4 Å². The van der Waals surface area contributed by atoms with Crippen molar-refractivity contribution in [1.29, 1.82) is 0 Å². The van der Waals surface area contributed by atoms with Crippen molar-refractivity contribution in [2.75, 3.05) is 11.1 Å². The highest BCUT2D eigenvalue weighted by Crippen LogP contribution is 2.39. The van der Waals surface area contributed by atoms with Crippen LogP contribution in [0.3, 0.4) is 0 Å². The van der Waals surface area contributed by atoms with Gasteiger partial charge < -0.3 is 20.5 Å². The first-order chi connectivity index (χ1) is 14.4. The molecule has 0 saturated heterocycles. The van der Waals surface area contributed by atoms with Crippen molar-refractivity contribution >= 4 is 36.9 Å². The quantitative estimate of drug-likeness (QED) is 0.553. The molecule has 3 aromatic rings. The minimum absolute atomic E-state index is 0.0380. The van der Waals surface area contributed by atoms with E-state index in [1.54, 1.807) is 18.2 Å². The number of ether oxygens (including phenoxy) is 2. The molecule has 1 saturated carbocycles. The van der Waals surface area contributed by atoms with E-state index < -0.39 is 11.3 Å². The van der Waals surface area contributed by atoms with E-state index >= 15 is 0 Å². The molecule has 0 aliphatic heterocycles. The molecular formula is C21H19BClFN4O2. The summed E-state index contributed by atoms with van der Waals surface area (Å²) in [6.07, 6.45) is 2.17. The Morgan fingerprint density at radius 1 is 1.23 bits per heavy atom. The minimum Gasteiger partial charge on any atom is -0.496 e. The molecule has 0 amide bonds. The van der Waals surface area contributed by atoms with E-state index in [0.29, 0.717) is 35.9 Å². The van der Waals surface area contributed by atoms with E-state index in [-0.39, 0.29) is 17.9 Å². The minimum atomic E-state index is -0.825. The summed E-state index contributed by atoms with van der Waals surface area (Å²) < 4.78 is 25.0. The van der Waals surface area contributed by atoms with E-state index in [1.165, 1.54) is 0 Å². The molecule has 0 bridgehead atoms. The molecule has 6 nitrogen and oxygen atoms in total. The second-order valence-electron chi connectivity index (χ2n) is 7.19. The highest BCUT2D eigenvalue weighted by atomic mass is 35.5. The lowest BCUT2D eigenvalue weighted by atomic mass is 9.63. The topological polar surface area (TPSA) is 82.3 Å². The zero-order chi connectivity index (χ0) is 21.1. The smallest absolute Gasteiger partial charge is 0.229 e. The highest BCUT2D eigenvalue weighted by molar-refractivity contribution is 6.32. The summed E-state index contributed by atoms with van der Waals surface area (Å²) in [5.74, 6) is -0.295. The van der Waals surface area contributed by atoms with E-state index in [9.17, 15) is 4.39 Å². The van der Waals surface area contributed by atoms with Gasteiger partial charge in [0.2, 0.25) is 5.95 Å². The van der Waals surface area contributed by atoms with Gasteiger partial charge in [0.05, 0.1) is 29.4 Å². The van der Waals surface area contributed by atoms with Gasteiger partial charge >= 0.3 is 0 Å². The van der Waals surface area contributed by atoms with Gasteiger partial charge in [-0.15, -0.1) is 0 Å². The summed E-state index contributed by atoms with van der Waals surface area (Å²) in [7, 11) is 6.31. The number of hydrogen-bond donors (Lipinski definition) is 2. The van der Waals surface area contributed by atoms with Gasteiger partial charge in [0.15, 0.2) is 11.6 Å². The molecule has 1 aromatic heterocycles. The maximum absolute atomic E-state index is 13.2. The van der Waals surface area contributed by atoms with Gasteiger partial charge in [-0.3, -0.25) is 0 Å². The zero-order valence-corrected chi connectivity index (χ0v) is 16.8. The Morgan fingerprint density at radius 3 is 2.70 bits per heavy atom. The first-order valence-corrected chi connectivity index (χ1v) is 9.76. The highest BCUT2D eigenvalue weighted by Gasteiger charge is 2.42. The number of nitrogens with one attached hydrogen (secondary N) is 1. The molecule has 1 aliphatic rings. The largest absolute Gasteiger partial charge is 0.496 e. The first kappa shape index (κ1) is 20.4. The number of rotatable bonds is 7. The second-order valence-corrected chi connectivity index (χ2v) is 7.60. The van der Waals surface area contributed by atoms with Crippen molar-refractivity contribution in [1.82, 2.24) is 9.97 Å².